The molecule has 17 rings (SSSR count). The zero-order valence-electron chi connectivity index (χ0n) is 44.2. The number of benzene rings is 12. The highest BCUT2D eigenvalue weighted by Crippen LogP contribution is 2.68. The Hall–Kier alpha value is -9.82. The summed E-state index contributed by atoms with van der Waals surface area (Å²) in [7, 11) is 0. The lowest BCUT2D eigenvalue weighted by molar-refractivity contribution is 0.563. The normalized spacial score (nSPS) is 15.2. The molecule has 374 valence electrons. The van der Waals surface area contributed by atoms with Crippen LogP contribution in [0.25, 0.3) is 56.7 Å². The molecule has 5 aliphatic carbocycles. The SMILES string of the molecule is C(=C\c1ccc2c(c1)C1(Cc3ccccc3C1)c1cc(N(c3ccccc3)c3ccccc3)ccc1-2)/c1ccc(-c2ccc3c(c2)C2(c4ccccc4-c4ccccc42)c2ccccc2C32c3ccccc3-c3ccccc32)cc1. The van der Waals surface area contributed by atoms with Crippen LogP contribution in [0, 0.1) is 0 Å². The molecule has 0 atom stereocenters. The molecule has 0 saturated carbocycles. The largest absolute Gasteiger partial charge is 0.310 e. The topological polar surface area (TPSA) is 3.24 Å². The molecule has 0 bridgehead atoms. The smallest absolute Gasteiger partial charge is 0.0720 e. The number of rotatable bonds is 6. The zero-order valence-corrected chi connectivity index (χ0v) is 44.2. The van der Waals surface area contributed by atoms with Crippen molar-refractivity contribution in [1.82, 2.24) is 0 Å². The van der Waals surface area contributed by atoms with Gasteiger partial charge in [-0.1, -0.05) is 255 Å². The molecule has 0 unspecified atom stereocenters. The number of hydrogen-bond donors (Lipinski definition) is 0. The molecule has 80 heavy (non-hydrogen) atoms. The Balaban J connectivity index is 0.766. The summed E-state index contributed by atoms with van der Waals surface area (Å²) in [5.41, 5.74) is 31.6. The summed E-state index contributed by atoms with van der Waals surface area (Å²) >= 11 is 0. The van der Waals surface area contributed by atoms with Gasteiger partial charge in [0.2, 0.25) is 0 Å². The molecule has 0 amide bonds. The lowest BCUT2D eigenvalue weighted by Gasteiger charge is -2.49. The lowest BCUT2D eigenvalue weighted by Crippen LogP contribution is -2.43. The highest BCUT2D eigenvalue weighted by atomic mass is 15.1. The van der Waals surface area contributed by atoms with Gasteiger partial charge in [-0.3, -0.25) is 0 Å². The fourth-order valence-electron chi connectivity index (χ4n) is 15.7. The van der Waals surface area contributed by atoms with E-state index < -0.39 is 10.8 Å². The van der Waals surface area contributed by atoms with Gasteiger partial charge in [0.05, 0.1) is 10.8 Å². The van der Waals surface area contributed by atoms with Crippen molar-refractivity contribution in [3.8, 4) is 44.5 Å². The van der Waals surface area contributed by atoms with Crippen LogP contribution >= 0.6 is 0 Å². The van der Waals surface area contributed by atoms with E-state index in [0.717, 1.165) is 24.2 Å². The Kier molecular flexibility index (Phi) is 9.66. The molecule has 5 aliphatic rings. The van der Waals surface area contributed by atoms with Gasteiger partial charge in [-0.2, -0.15) is 0 Å². The fourth-order valence-corrected chi connectivity index (χ4v) is 15.7. The summed E-state index contributed by atoms with van der Waals surface area (Å²) < 4.78 is 0. The molecule has 1 nitrogen and oxygen atoms in total. The molecule has 12 aromatic rings. The maximum atomic E-state index is 2.56. The number of hydrogen-bond acceptors (Lipinski definition) is 1. The third-order valence-corrected chi connectivity index (χ3v) is 18.9. The van der Waals surface area contributed by atoms with E-state index in [9.17, 15) is 0 Å². The number of para-hydroxylation sites is 2. The second-order valence-corrected chi connectivity index (χ2v) is 22.7. The highest BCUT2D eigenvalue weighted by molar-refractivity contribution is 5.95. The standard InChI is InChI=1S/C79H53N/c1-3-21-58(22-4-1)80(59-23-5-2-6-24-59)60-43-45-66-65-44-39-53(47-74(65)77(75(66)49-60)50-56-19-7-8-20-57(56)51-77)36-35-52-37-40-54(41-38-52)55-42-46-73-76(48-55)79(69-31-15-11-27-63(69)64-28-12-16-32-70(64)79)72-34-18-17-33-71(72)78(73)67-29-13-9-25-61(67)62-26-10-14-30-68(62)78/h1-49H,50-51H2/b36-35+. The van der Waals surface area contributed by atoms with Crippen molar-refractivity contribution in [2.24, 2.45) is 0 Å². The molecule has 0 radical (unpaired) electrons. The van der Waals surface area contributed by atoms with E-state index in [1.165, 1.54) is 128 Å². The molecular formula is C79H53N. The Bertz CT molecular complexity index is 4380. The van der Waals surface area contributed by atoms with Crippen molar-refractivity contribution in [3.63, 3.8) is 0 Å². The lowest BCUT2D eigenvalue weighted by atomic mass is 9.52. The van der Waals surface area contributed by atoms with E-state index in [0.29, 0.717) is 0 Å². The van der Waals surface area contributed by atoms with Gasteiger partial charge < -0.3 is 4.90 Å². The van der Waals surface area contributed by atoms with Gasteiger partial charge in [0.25, 0.3) is 0 Å². The summed E-state index contributed by atoms with van der Waals surface area (Å²) in [6.07, 6.45) is 6.57. The van der Waals surface area contributed by atoms with Gasteiger partial charge in [-0.15, -0.1) is 0 Å². The highest BCUT2D eigenvalue weighted by Gasteiger charge is 2.59. The van der Waals surface area contributed by atoms with Crippen LogP contribution in [0.2, 0.25) is 0 Å². The van der Waals surface area contributed by atoms with E-state index >= 15 is 0 Å². The van der Waals surface area contributed by atoms with E-state index in [1.807, 2.05) is 0 Å². The Morgan fingerprint density at radius 2 is 0.637 bits per heavy atom. The maximum Gasteiger partial charge on any atom is 0.0720 e. The van der Waals surface area contributed by atoms with E-state index in [4.69, 9.17) is 0 Å². The Labute approximate surface area is 468 Å². The molecular weight excluding hydrogens is 963 g/mol. The van der Waals surface area contributed by atoms with E-state index in [-0.39, 0.29) is 5.41 Å². The summed E-state index contributed by atoms with van der Waals surface area (Å²) in [5.74, 6) is 0. The molecule has 0 aliphatic heterocycles. The van der Waals surface area contributed by atoms with Crippen LogP contribution < -0.4 is 4.90 Å². The molecule has 0 saturated heterocycles. The Morgan fingerprint density at radius 1 is 0.250 bits per heavy atom. The van der Waals surface area contributed by atoms with Crippen LogP contribution in [0.4, 0.5) is 17.1 Å². The van der Waals surface area contributed by atoms with Crippen molar-refractivity contribution in [3.05, 3.63) is 363 Å². The van der Waals surface area contributed by atoms with Crippen molar-refractivity contribution in [2.75, 3.05) is 4.90 Å². The van der Waals surface area contributed by atoms with Crippen LogP contribution in [0.3, 0.4) is 0 Å². The Morgan fingerprint density at radius 3 is 1.18 bits per heavy atom. The number of anilines is 3. The maximum absolute atomic E-state index is 2.56. The van der Waals surface area contributed by atoms with Crippen LogP contribution in [-0.2, 0) is 29.1 Å². The molecule has 1 heteroatoms. The molecule has 3 spiro atoms. The first kappa shape index (κ1) is 45.2. The van der Waals surface area contributed by atoms with Crippen LogP contribution in [0.15, 0.2) is 285 Å². The van der Waals surface area contributed by atoms with Crippen molar-refractivity contribution in [2.45, 2.75) is 29.1 Å². The molecule has 0 fully saturated rings. The van der Waals surface area contributed by atoms with Crippen LogP contribution in [-0.4, -0.2) is 0 Å². The summed E-state index contributed by atoms with van der Waals surface area (Å²) in [5, 5.41) is 0. The zero-order chi connectivity index (χ0) is 52.6. The van der Waals surface area contributed by atoms with Crippen molar-refractivity contribution < 1.29 is 0 Å². The number of nitrogens with zero attached hydrogens (tertiary/aromatic N) is 1. The van der Waals surface area contributed by atoms with Gasteiger partial charge in [0, 0.05) is 22.5 Å². The minimum Gasteiger partial charge on any atom is -0.310 e. The van der Waals surface area contributed by atoms with E-state index in [2.05, 4.69) is 302 Å². The first-order valence-corrected chi connectivity index (χ1v) is 28.3. The van der Waals surface area contributed by atoms with Gasteiger partial charge in [-0.05, 0) is 178 Å². The van der Waals surface area contributed by atoms with Crippen LogP contribution in [0.1, 0.15) is 77.9 Å². The molecule has 12 aromatic carbocycles. The first-order chi connectivity index (χ1) is 39.6. The van der Waals surface area contributed by atoms with Crippen molar-refractivity contribution >= 4 is 29.2 Å². The van der Waals surface area contributed by atoms with Crippen molar-refractivity contribution in [1.29, 1.82) is 0 Å². The summed E-state index contributed by atoms with van der Waals surface area (Å²) in [6.45, 7) is 0. The third kappa shape index (κ3) is 6.12. The van der Waals surface area contributed by atoms with Gasteiger partial charge in [0.1, 0.15) is 0 Å². The monoisotopic (exact) mass is 1020 g/mol. The molecule has 0 N–H and O–H groups in total. The van der Waals surface area contributed by atoms with E-state index in [1.54, 1.807) is 0 Å². The molecule has 0 heterocycles. The van der Waals surface area contributed by atoms with Gasteiger partial charge >= 0.3 is 0 Å². The average Bonchev–Trinajstić information content (AvgIpc) is 2.30. The van der Waals surface area contributed by atoms with Gasteiger partial charge in [-0.25, -0.2) is 0 Å². The number of fused-ring (bicyclic) bond motifs is 22. The van der Waals surface area contributed by atoms with Gasteiger partial charge in [0.15, 0.2) is 0 Å². The predicted molar refractivity (Wildman–Crippen MR) is 330 cm³/mol. The average molecular weight is 1020 g/mol. The fraction of sp³-hybridized carbons (Fsp3) is 0.0633. The second kappa shape index (κ2) is 17.1. The minimum atomic E-state index is -0.528. The summed E-state index contributed by atoms with van der Waals surface area (Å²) in [4.78, 5) is 2.40. The summed E-state index contributed by atoms with van der Waals surface area (Å²) in [6, 6.07) is 108. The third-order valence-electron chi connectivity index (χ3n) is 18.9. The van der Waals surface area contributed by atoms with Crippen LogP contribution in [0.5, 0.6) is 0 Å². The first-order valence-electron chi connectivity index (χ1n) is 28.3. The predicted octanol–water partition coefficient (Wildman–Crippen LogP) is 19.1. The second-order valence-electron chi connectivity index (χ2n) is 22.7. The minimum absolute atomic E-state index is 0.169. The quantitative estimate of drug-likeness (QED) is 0.150. The molecule has 0 aromatic heterocycles.